The van der Waals surface area contributed by atoms with Crippen molar-refractivity contribution in [2.75, 3.05) is 4.90 Å². The number of amides is 2. The summed E-state index contributed by atoms with van der Waals surface area (Å²) in [7, 11) is -4.15. The summed E-state index contributed by atoms with van der Waals surface area (Å²) in [5, 5.41) is 0. The second-order valence-electron chi connectivity index (χ2n) is 7.55. The van der Waals surface area contributed by atoms with Gasteiger partial charge in [-0.05, 0) is 57.2 Å². The van der Waals surface area contributed by atoms with E-state index < -0.39 is 39.2 Å². The van der Waals surface area contributed by atoms with Crippen LogP contribution in [0.4, 0.5) is 10.1 Å². The minimum absolute atomic E-state index is 0.137. The Hall–Kier alpha value is -2.58. The lowest BCUT2D eigenvalue weighted by Gasteiger charge is -2.37. The molecule has 0 aliphatic carbocycles. The summed E-state index contributed by atoms with van der Waals surface area (Å²) in [6.45, 7) is 4.95. The van der Waals surface area contributed by atoms with E-state index in [1.54, 1.807) is 51.1 Å². The summed E-state index contributed by atoms with van der Waals surface area (Å²) in [6.07, 6.45) is -0.259. The Labute approximate surface area is 163 Å². The Morgan fingerprint density at radius 2 is 1.57 bits per heavy atom. The third-order valence-electron chi connectivity index (χ3n) is 4.45. The van der Waals surface area contributed by atoms with Crippen molar-refractivity contribution in [1.29, 1.82) is 0 Å². The summed E-state index contributed by atoms with van der Waals surface area (Å²) >= 11 is 0. The number of hydrogen-bond acceptors (Lipinski definition) is 4. The molecule has 2 amide bonds. The first-order valence-corrected chi connectivity index (χ1v) is 10.2. The third-order valence-corrected chi connectivity index (χ3v) is 6.64. The molecule has 0 radical (unpaired) electrons. The van der Waals surface area contributed by atoms with Crippen LogP contribution >= 0.6 is 0 Å². The first kappa shape index (κ1) is 20.2. The molecule has 0 saturated carbocycles. The first-order valence-electron chi connectivity index (χ1n) is 8.75. The first-order chi connectivity index (χ1) is 13.0. The Morgan fingerprint density at radius 1 is 1.00 bits per heavy atom. The zero-order valence-corrected chi connectivity index (χ0v) is 16.6. The van der Waals surface area contributed by atoms with Gasteiger partial charge in [0.15, 0.2) is 0 Å². The van der Waals surface area contributed by atoms with E-state index in [-0.39, 0.29) is 11.3 Å². The summed E-state index contributed by atoms with van der Waals surface area (Å²) in [4.78, 5) is 26.5. The van der Waals surface area contributed by atoms with Crippen LogP contribution in [-0.4, -0.2) is 36.1 Å². The minimum Gasteiger partial charge on any atom is -0.274 e. The molecule has 0 bridgehead atoms. The van der Waals surface area contributed by atoms with E-state index in [1.807, 2.05) is 0 Å². The molecule has 1 heterocycles. The van der Waals surface area contributed by atoms with Crippen LogP contribution in [0, 0.1) is 5.82 Å². The third kappa shape index (κ3) is 3.57. The lowest BCUT2D eigenvalue weighted by molar-refractivity contribution is -0.122. The minimum atomic E-state index is -4.15. The van der Waals surface area contributed by atoms with Crippen LogP contribution in [-0.2, 0) is 19.6 Å². The van der Waals surface area contributed by atoms with Gasteiger partial charge in [0.2, 0.25) is 15.9 Å². The molecule has 1 aliphatic heterocycles. The molecule has 1 aliphatic rings. The smallest absolute Gasteiger partial charge is 0.252 e. The lowest BCUT2D eigenvalue weighted by atomic mass is 10.1. The van der Waals surface area contributed by atoms with Crippen LogP contribution in [0.3, 0.4) is 0 Å². The Balaban J connectivity index is 2.05. The number of imide groups is 1. The largest absolute Gasteiger partial charge is 0.274 e. The number of benzene rings is 2. The molecule has 1 saturated heterocycles. The summed E-state index contributed by atoms with van der Waals surface area (Å²) in [5.41, 5.74) is -0.589. The van der Waals surface area contributed by atoms with E-state index >= 15 is 0 Å². The van der Waals surface area contributed by atoms with Gasteiger partial charge >= 0.3 is 0 Å². The molecule has 0 N–H and O–H groups in total. The van der Waals surface area contributed by atoms with Crippen molar-refractivity contribution in [3.8, 4) is 0 Å². The normalized spacial score (nSPS) is 18.2. The van der Waals surface area contributed by atoms with Gasteiger partial charge in [-0.3, -0.25) is 9.59 Å². The van der Waals surface area contributed by atoms with E-state index in [2.05, 4.69) is 0 Å². The number of rotatable bonds is 4. The van der Waals surface area contributed by atoms with Gasteiger partial charge in [0, 0.05) is 5.54 Å². The van der Waals surface area contributed by atoms with Gasteiger partial charge in [0.25, 0.3) is 5.91 Å². The highest BCUT2D eigenvalue weighted by molar-refractivity contribution is 7.89. The fraction of sp³-hybridized carbons (Fsp3) is 0.300. The fourth-order valence-corrected chi connectivity index (χ4v) is 5.29. The molecule has 1 unspecified atom stereocenters. The molecule has 3 rings (SSSR count). The molecule has 1 atom stereocenters. The van der Waals surface area contributed by atoms with Crippen molar-refractivity contribution in [1.82, 2.24) is 4.31 Å². The molecular formula is C20H21FN2O4S. The summed E-state index contributed by atoms with van der Waals surface area (Å²) < 4.78 is 40.9. The van der Waals surface area contributed by atoms with E-state index in [0.717, 1.165) is 33.5 Å². The lowest BCUT2D eigenvalue weighted by Crippen LogP contribution is -2.54. The van der Waals surface area contributed by atoms with Crippen molar-refractivity contribution in [2.45, 2.75) is 43.7 Å². The van der Waals surface area contributed by atoms with Crippen molar-refractivity contribution >= 4 is 27.5 Å². The highest BCUT2D eigenvalue weighted by Crippen LogP contribution is 2.34. The molecule has 148 valence electrons. The van der Waals surface area contributed by atoms with Crippen molar-refractivity contribution in [3.63, 3.8) is 0 Å². The highest BCUT2D eigenvalue weighted by Gasteiger charge is 2.50. The van der Waals surface area contributed by atoms with Crippen LogP contribution in [0.1, 0.15) is 27.2 Å². The quantitative estimate of drug-likeness (QED) is 0.735. The number of carbonyl (C=O) groups excluding carboxylic acids is 2. The van der Waals surface area contributed by atoms with Crippen molar-refractivity contribution in [3.05, 3.63) is 60.4 Å². The van der Waals surface area contributed by atoms with Gasteiger partial charge < -0.3 is 0 Å². The van der Waals surface area contributed by atoms with Crippen LogP contribution in [0.5, 0.6) is 0 Å². The molecule has 0 aromatic heterocycles. The van der Waals surface area contributed by atoms with E-state index in [4.69, 9.17) is 0 Å². The zero-order chi connectivity index (χ0) is 20.7. The van der Waals surface area contributed by atoms with Crippen molar-refractivity contribution in [2.24, 2.45) is 0 Å². The average molecular weight is 404 g/mol. The van der Waals surface area contributed by atoms with Gasteiger partial charge in [-0.15, -0.1) is 0 Å². The van der Waals surface area contributed by atoms with Crippen LogP contribution in [0.25, 0.3) is 0 Å². The second kappa shape index (κ2) is 7.10. The molecule has 2 aromatic rings. The molecule has 28 heavy (non-hydrogen) atoms. The molecule has 1 fully saturated rings. The standard InChI is InChI=1S/C20H21FN2O4S/c1-20(2,3)23(28(26,27)16-11-9-14(21)10-12-16)17-13-18(24)22(19(17)25)15-7-5-4-6-8-15/h4-12,17H,13H2,1-3H3. The van der Waals surface area contributed by atoms with Crippen LogP contribution < -0.4 is 4.90 Å². The van der Waals surface area contributed by atoms with Gasteiger partial charge in [-0.25, -0.2) is 17.7 Å². The maximum absolute atomic E-state index is 13.3. The van der Waals surface area contributed by atoms with Crippen molar-refractivity contribution < 1.29 is 22.4 Å². The molecule has 0 spiro atoms. The van der Waals surface area contributed by atoms with Gasteiger partial charge in [-0.2, -0.15) is 4.31 Å². The Bertz CT molecular complexity index is 999. The molecule has 2 aromatic carbocycles. The number of anilines is 1. The number of halogens is 1. The monoisotopic (exact) mass is 404 g/mol. The Morgan fingerprint density at radius 3 is 2.11 bits per heavy atom. The number of hydrogen-bond donors (Lipinski definition) is 0. The van der Waals surface area contributed by atoms with Crippen LogP contribution in [0.15, 0.2) is 59.5 Å². The maximum atomic E-state index is 13.3. The summed E-state index contributed by atoms with van der Waals surface area (Å²) in [6, 6.07) is 11.6. The molecular weight excluding hydrogens is 383 g/mol. The van der Waals surface area contributed by atoms with E-state index in [1.165, 1.54) is 0 Å². The molecule has 6 nitrogen and oxygen atoms in total. The van der Waals surface area contributed by atoms with E-state index in [9.17, 15) is 22.4 Å². The second-order valence-corrected chi connectivity index (χ2v) is 9.36. The molecule has 8 heteroatoms. The number of sulfonamides is 1. The predicted molar refractivity (Wildman–Crippen MR) is 103 cm³/mol. The number of carbonyl (C=O) groups is 2. The predicted octanol–water partition coefficient (Wildman–Crippen LogP) is 2.95. The zero-order valence-electron chi connectivity index (χ0n) is 15.8. The fourth-order valence-electron chi connectivity index (χ4n) is 3.36. The topological polar surface area (TPSA) is 74.8 Å². The number of nitrogens with zero attached hydrogens (tertiary/aromatic N) is 2. The Kier molecular flexibility index (Phi) is 5.12. The maximum Gasteiger partial charge on any atom is 0.252 e. The highest BCUT2D eigenvalue weighted by atomic mass is 32.2. The SMILES string of the molecule is CC(C)(C)N(C1CC(=O)N(c2ccccc2)C1=O)S(=O)(=O)c1ccc(F)cc1. The summed E-state index contributed by atoms with van der Waals surface area (Å²) in [5.74, 6) is -1.63. The van der Waals surface area contributed by atoms with E-state index in [0.29, 0.717) is 5.69 Å². The average Bonchev–Trinajstić information content (AvgIpc) is 2.88. The van der Waals surface area contributed by atoms with Gasteiger partial charge in [0.1, 0.15) is 11.9 Å². The van der Waals surface area contributed by atoms with Gasteiger partial charge in [-0.1, -0.05) is 18.2 Å². The van der Waals surface area contributed by atoms with Gasteiger partial charge in [0.05, 0.1) is 17.0 Å². The number of para-hydroxylation sites is 1. The van der Waals surface area contributed by atoms with Crippen LogP contribution in [0.2, 0.25) is 0 Å².